The van der Waals surface area contributed by atoms with Crippen molar-refractivity contribution in [1.82, 2.24) is 9.88 Å². The second kappa shape index (κ2) is 9.12. The fourth-order valence-electron chi connectivity index (χ4n) is 3.88. The number of aromatic amines is 1. The number of H-pyrrole nitrogens is 1. The summed E-state index contributed by atoms with van der Waals surface area (Å²) in [5, 5.41) is 4.45. The van der Waals surface area contributed by atoms with Gasteiger partial charge in [0.15, 0.2) is 0 Å². The van der Waals surface area contributed by atoms with Crippen molar-refractivity contribution >= 4 is 34.2 Å². The van der Waals surface area contributed by atoms with Gasteiger partial charge in [-0.05, 0) is 73.5 Å². The lowest BCUT2D eigenvalue weighted by molar-refractivity contribution is 0.0818. The molecule has 2 amide bonds. The average Bonchev–Trinajstić information content (AvgIpc) is 3.26. The fourth-order valence-corrected chi connectivity index (χ4v) is 4.01. The smallest absolute Gasteiger partial charge is 0.322 e. The van der Waals surface area contributed by atoms with Crippen molar-refractivity contribution in [3.05, 3.63) is 74.5 Å². The first-order chi connectivity index (χ1) is 14.9. The summed E-state index contributed by atoms with van der Waals surface area (Å²) >= 11 is 5.94. The Balaban J connectivity index is 1.61. The number of nitrogens with one attached hydrogen (secondary N) is 2. The van der Waals surface area contributed by atoms with E-state index in [0.29, 0.717) is 29.4 Å². The molecule has 162 valence electrons. The Labute approximate surface area is 186 Å². The Kier molecular flexibility index (Phi) is 6.30. The van der Waals surface area contributed by atoms with E-state index in [9.17, 15) is 9.59 Å². The normalized spacial score (nSPS) is 15.9. The Morgan fingerprint density at radius 2 is 2.00 bits per heavy atom. The van der Waals surface area contributed by atoms with Crippen LogP contribution in [0.1, 0.15) is 29.5 Å². The number of carbonyl (C=O) groups excluding carboxylic acids is 1. The number of aromatic nitrogens is 1. The number of aryl methyl sites for hydroxylation is 2. The summed E-state index contributed by atoms with van der Waals surface area (Å²) in [6, 6.07) is 12.6. The number of rotatable bonds is 5. The molecule has 1 aliphatic heterocycles. The van der Waals surface area contributed by atoms with E-state index in [0.717, 1.165) is 34.9 Å². The zero-order chi connectivity index (χ0) is 22.0. The standard InChI is InChI=1S/C24H26ClN3O3/c1-15-5-6-17-12-18(23(29)27-22(17)16(15)2)13-28(14-21-4-3-11-31-21)24(30)26-20-9-7-19(25)8-10-20/h5-10,12,21H,3-4,11,13-14H2,1-2H3,(H,26,30)(H,27,29)/t21-/m1/s1. The molecule has 2 aromatic carbocycles. The van der Waals surface area contributed by atoms with Gasteiger partial charge in [0.1, 0.15) is 0 Å². The van der Waals surface area contributed by atoms with Crippen LogP contribution in [0.15, 0.2) is 47.3 Å². The Bertz CT molecular complexity index is 1150. The molecule has 2 heterocycles. The maximum atomic E-state index is 13.1. The predicted molar refractivity (Wildman–Crippen MR) is 124 cm³/mol. The van der Waals surface area contributed by atoms with Gasteiger partial charge in [0.05, 0.1) is 18.2 Å². The molecule has 0 unspecified atom stereocenters. The SMILES string of the molecule is Cc1ccc2cc(CN(C[C@H]3CCCO3)C(=O)Nc3ccc(Cl)cc3)c(=O)[nH]c2c1C. The highest BCUT2D eigenvalue weighted by Gasteiger charge is 2.24. The second-order valence-corrected chi connectivity index (χ2v) is 8.48. The zero-order valence-corrected chi connectivity index (χ0v) is 18.5. The highest BCUT2D eigenvalue weighted by atomic mass is 35.5. The van der Waals surface area contributed by atoms with E-state index >= 15 is 0 Å². The van der Waals surface area contributed by atoms with Crippen molar-refractivity contribution in [2.24, 2.45) is 0 Å². The number of amides is 2. The third-order valence-electron chi connectivity index (χ3n) is 5.82. The molecule has 1 atom stereocenters. The number of urea groups is 1. The van der Waals surface area contributed by atoms with Crippen molar-refractivity contribution in [3.8, 4) is 0 Å². The molecule has 7 heteroatoms. The first-order valence-corrected chi connectivity index (χ1v) is 10.8. The minimum Gasteiger partial charge on any atom is -0.376 e. The summed E-state index contributed by atoms with van der Waals surface area (Å²) in [6.07, 6.45) is 1.85. The summed E-state index contributed by atoms with van der Waals surface area (Å²) in [4.78, 5) is 30.5. The molecular formula is C24H26ClN3O3. The molecule has 0 saturated carbocycles. The quantitative estimate of drug-likeness (QED) is 0.586. The topological polar surface area (TPSA) is 74.4 Å². The average molecular weight is 440 g/mol. The minimum absolute atomic E-state index is 0.0274. The molecule has 1 aromatic heterocycles. The molecule has 0 bridgehead atoms. The lowest BCUT2D eigenvalue weighted by atomic mass is 10.0. The summed E-state index contributed by atoms with van der Waals surface area (Å²) in [5.74, 6) is 0. The van der Waals surface area contributed by atoms with Gasteiger partial charge in [0.25, 0.3) is 5.56 Å². The van der Waals surface area contributed by atoms with Gasteiger partial charge in [-0.25, -0.2) is 4.79 Å². The maximum Gasteiger partial charge on any atom is 0.322 e. The molecule has 1 aliphatic rings. The molecule has 0 aliphatic carbocycles. The highest BCUT2D eigenvalue weighted by molar-refractivity contribution is 6.30. The van der Waals surface area contributed by atoms with Crippen LogP contribution in [0.2, 0.25) is 5.02 Å². The summed E-state index contributed by atoms with van der Waals surface area (Å²) < 4.78 is 5.74. The van der Waals surface area contributed by atoms with Gasteiger partial charge in [-0.2, -0.15) is 0 Å². The molecule has 4 rings (SSSR count). The number of carbonyl (C=O) groups is 1. The molecule has 2 N–H and O–H groups in total. The highest BCUT2D eigenvalue weighted by Crippen LogP contribution is 2.21. The van der Waals surface area contributed by atoms with Gasteiger partial charge in [-0.15, -0.1) is 0 Å². The summed E-state index contributed by atoms with van der Waals surface area (Å²) in [6.45, 7) is 5.33. The van der Waals surface area contributed by atoms with Gasteiger partial charge in [0, 0.05) is 29.4 Å². The number of fused-ring (bicyclic) bond motifs is 1. The van der Waals surface area contributed by atoms with Gasteiger partial charge in [-0.3, -0.25) is 4.79 Å². The van der Waals surface area contributed by atoms with E-state index in [2.05, 4.69) is 10.3 Å². The van der Waals surface area contributed by atoms with E-state index in [1.54, 1.807) is 29.2 Å². The van der Waals surface area contributed by atoms with Gasteiger partial charge >= 0.3 is 6.03 Å². The van der Waals surface area contributed by atoms with Crippen LogP contribution in [0.3, 0.4) is 0 Å². The van der Waals surface area contributed by atoms with Crippen LogP contribution in [0, 0.1) is 13.8 Å². The van der Waals surface area contributed by atoms with Crippen LogP contribution in [-0.2, 0) is 11.3 Å². The number of hydrogen-bond donors (Lipinski definition) is 2. The van der Waals surface area contributed by atoms with Crippen LogP contribution in [0.4, 0.5) is 10.5 Å². The third-order valence-corrected chi connectivity index (χ3v) is 6.07. The fraction of sp³-hybridized carbons (Fsp3) is 0.333. The van der Waals surface area contributed by atoms with Gasteiger partial charge in [-0.1, -0.05) is 23.7 Å². The molecule has 1 saturated heterocycles. The summed E-state index contributed by atoms with van der Waals surface area (Å²) in [5.41, 5.74) is 4.02. The maximum absolute atomic E-state index is 13.1. The number of nitrogens with zero attached hydrogens (tertiary/aromatic N) is 1. The van der Waals surface area contributed by atoms with Crippen molar-refractivity contribution in [1.29, 1.82) is 0 Å². The first kappa shape index (κ1) is 21.4. The van der Waals surface area contributed by atoms with Crippen molar-refractivity contribution in [3.63, 3.8) is 0 Å². The number of ether oxygens (including phenoxy) is 1. The molecule has 1 fully saturated rings. The molecule has 0 radical (unpaired) electrons. The minimum atomic E-state index is -0.280. The van der Waals surface area contributed by atoms with Crippen LogP contribution < -0.4 is 10.9 Å². The molecule has 31 heavy (non-hydrogen) atoms. The number of benzene rings is 2. The molecule has 6 nitrogen and oxygen atoms in total. The lowest BCUT2D eigenvalue weighted by Crippen LogP contribution is -2.40. The number of pyridine rings is 1. The largest absolute Gasteiger partial charge is 0.376 e. The third kappa shape index (κ3) is 4.92. The molecule has 3 aromatic rings. The number of halogens is 1. The first-order valence-electron chi connectivity index (χ1n) is 10.5. The Hall–Kier alpha value is -2.83. The van der Waals surface area contributed by atoms with Gasteiger partial charge in [0.2, 0.25) is 0 Å². The Morgan fingerprint density at radius 1 is 1.23 bits per heavy atom. The molecule has 0 spiro atoms. The lowest BCUT2D eigenvalue weighted by Gasteiger charge is -2.26. The van der Waals surface area contributed by atoms with Crippen molar-refractivity contribution in [2.45, 2.75) is 39.3 Å². The van der Waals surface area contributed by atoms with E-state index in [1.165, 1.54) is 0 Å². The van der Waals surface area contributed by atoms with Crippen LogP contribution in [-0.4, -0.2) is 35.2 Å². The Morgan fingerprint density at radius 3 is 2.71 bits per heavy atom. The van der Waals surface area contributed by atoms with E-state index in [4.69, 9.17) is 16.3 Å². The van der Waals surface area contributed by atoms with E-state index < -0.39 is 0 Å². The zero-order valence-electron chi connectivity index (χ0n) is 17.7. The van der Waals surface area contributed by atoms with Crippen molar-refractivity contribution in [2.75, 3.05) is 18.5 Å². The van der Waals surface area contributed by atoms with Crippen molar-refractivity contribution < 1.29 is 9.53 Å². The van der Waals surface area contributed by atoms with E-state index in [-0.39, 0.29) is 24.2 Å². The number of hydrogen-bond acceptors (Lipinski definition) is 3. The van der Waals surface area contributed by atoms with E-state index in [1.807, 2.05) is 32.0 Å². The van der Waals surface area contributed by atoms with Crippen LogP contribution >= 0.6 is 11.6 Å². The monoisotopic (exact) mass is 439 g/mol. The number of anilines is 1. The summed E-state index contributed by atoms with van der Waals surface area (Å²) in [7, 11) is 0. The predicted octanol–water partition coefficient (Wildman–Crippen LogP) is 5.01. The van der Waals surface area contributed by atoms with Crippen LogP contribution in [0.5, 0.6) is 0 Å². The van der Waals surface area contributed by atoms with Crippen LogP contribution in [0.25, 0.3) is 10.9 Å². The second-order valence-electron chi connectivity index (χ2n) is 8.05. The molecular weight excluding hydrogens is 414 g/mol. The van der Waals surface area contributed by atoms with Gasteiger partial charge < -0.3 is 19.9 Å².